The molecule has 1 aliphatic rings. The first kappa shape index (κ1) is 11.1. The molecule has 0 aliphatic carbocycles. The van der Waals surface area contributed by atoms with Crippen LogP contribution in [0, 0.1) is 0 Å². The molecule has 4 N–H and O–H groups in total. The first-order valence-electron chi connectivity index (χ1n) is 5.42. The second-order valence-corrected chi connectivity index (χ2v) is 4.03. The number of carboxylic acids is 1. The van der Waals surface area contributed by atoms with E-state index in [1.54, 1.807) is 12.5 Å². The van der Waals surface area contributed by atoms with Crippen LogP contribution < -0.4 is 10.6 Å². The minimum absolute atomic E-state index is 0.254. The molecule has 0 aromatic carbocycles. The lowest BCUT2D eigenvalue weighted by atomic mass is 10.1. The molecule has 88 valence electrons. The summed E-state index contributed by atoms with van der Waals surface area (Å²) in [5, 5.41) is 15.5. The molecular weight excluding hydrogens is 208 g/mol. The van der Waals surface area contributed by atoms with Crippen LogP contribution >= 0.6 is 0 Å². The fraction of sp³-hybridized carbons (Fsp3) is 0.600. The average molecular weight is 224 g/mol. The van der Waals surface area contributed by atoms with E-state index in [1.807, 2.05) is 0 Å². The Morgan fingerprint density at radius 1 is 1.75 bits per heavy atom. The quantitative estimate of drug-likeness (QED) is 0.534. The first-order chi connectivity index (χ1) is 7.75. The molecule has 6 nitrogen and oxygen atoms in total. The minimum atomic E-state index is -0.818. The Labute approximate surface area is 93.5 Å². The highest BCUT2D eigenvalue weighted by Crippen LogP contribution is 2.04. The Morgan fingerprint density at radius 3 is 3.19 bits per heavy atom. The number of aromatic amines is 1. The summed E-state index contributed by atoms with van der Waals surface area (Å²) in [5.74, 6) is -0.818. The van der Waals surface area contributed by atoms with Gasteiger partial charge in [-0.1, -0.05) is 0 Å². The second kappa shape index (κ2) is 5.09. The van der Waals surface area contributed by atoms with Crippen LogP contribution in [0.2, 0.25) is 0 Å². The fourth-order valence-corrected chi connectivity index (χ4v) is 1.92. The number of aromatic nitrogens is 2. The summed E-state index contributed by atoms with van der Waals surface area (Å²) in [4.78, 5) is 17.9. The van der Waals surface area contributed by atoms with Gasteiger partial charge in [0.15, 0.2) is 0 Å². The number of nitrogens with zero attached hydrogens (tertiary/aromatic N) is 1. The summed E-state index contributed by atoms with van der Waals surface area (Å²) in [6.07, 6.45) is 4.63. The van der Waals surface area contributed by atoms with Gasteiger partial charge in [0, 0.05) is 30.9 Å². The van der Waals surface area contributed by atoms with Gasteiger partial charge in [0.05, 0.1) is 6.33 Å². The number of hydrogen-bond acceptors (Lipinski definition) is 4. The lowest BCUT2D eigenvalue weighted by Crippen LogP contribution is -2.45. The van der Waals surface area contributed by atoms with Gasteiger partial charge in [-0.2, -0.15) is 0 Å². The van der Waals surface area contributed by atoms with Crippen molar-refractivity contribution in [2.45, 2.75) is 24.9 Å². The molecular formula is C10H16N4O2. The zero-order valence-electron chi connectivity index (χ0n) is 8.94. The van der Waals surface area contributed by atoms with E-state index in [-0.39, 0.29) is 6.04 Å². The van der Waals surface area contributed by atoms with E-state index in [1.165, 1.54) is 0 Å². The Balaban J connectivity index is 1.91. The predicted octanol–water partition coefficient (Wildman–Crippen LogP) is -0.643. The van der Waals surface area contributed by atoms with Crippen LogP contribution in [0.25, 0.3) is 0 Å². The Hall–Kier alpha value is -1.40. The molecule has 1 aliphatic heterocycles. The van der Waals surface area contributed by atoms with E-state index in [0.29, 0.717) is 6.42 Å². The van der Waals surface area contributed by atoms with Gasteiger partial charge < -0.3 is 15.4 Å². The zero-order valence-corrected chi connectivity index (χ0v) is 8.94. The zero-order chi connectivity index (χ0) is 11.4. The summed E-state index contributed by atoms with van der Waals surface area (Å²) in [5.41, 5.74) is 0.839. The maximum Gasteiger partial charge on any atom is 0.321 e. The van der Waals surface area contributed by atoms with Crippen LogP contribution in [-0.2, 0) is 11.2 Å². The van der Waals surface area contributed by atoms with Crippen molar-refractivity contribution in [3.8, 4) is 0 Å². The summed E-state index contributed by atoms with van der Waals surface area (Å²) in [6, 6.07) is -0.297. The molecule has 0 bridgehead atoms. The van der Waals surface area contributed by atoms with Crippen LogP contribution in [0.4, 0.5) is 0 Å². The van der Waals surface area contributed by atoms with E-state index >= 15 is 0 Å². The van der Waals surface area contributed by atoms with Gasteiger partial charge in [0.2, 0.25) is 0 Å². The monoisotopic (exact) mass is 224 g/mol. The summed E-state index contributed by atoms with van der Waals surface area (Å²) < 4.78 is 0. The highest BCUT2D eigenvalue weighted by molar-refractivity contribution is 5.73. The molecule has 16 heavy (non-hydrogen) atoms. The van der Waals surface area contributed by atoms with Crippen molar-refractivity contribution in [1.82, 2.24) is 20.6 Å². The highest BCUT2D eigenvalue weighted by atomic mass is 16.4. The van der Waals surface area contributed by atoms with Crippen molar-refractivity contribution in [3.05, 3.63) is 18.2 Å². The van der Waals surface area contributed by atoms with E-state index < -0.39 is 12.0 Å². The van der Waals surface area contributed by atoms with E-state index in [9.17, 15) is 4.79 Å². The maximum atomic E-state index is 11.1. The molecule has 2 unspecified atom stereocenters. The van der Waals surface area contributed by atoms with Crippen molar-refractivity contribution >= 4 is 5.97 Å². The molecule has 0 radical (unpaired) electrons. The highest BCUT2D eigenvalue weighted by Gasteiger charge is 2.24. The molecule has 0 amide bonds. The van der Waals surface area contributed by atoms with Gasteiger partial charge in [-0.25, -0.2) is 4.98 Å². The van der Waals surface area contributed by atoms with Gasteiger partial charge in [0.25, 0.3) is 0 Å². The van der Waals surface area contributed by atoms with Crippen molar-refractivity contribution in [2.24, 2.45) is 0 Å². The van der Waals surface area contributed by atoms with Crippen LogP contribution in [0.15, 0.2) is 12.5 Å². The van der Waals surface area contributed by atoms with Gasteiger partial charge in [-0.15, -0.1) is 0 Å². The molecule has 2 rings (SSSR count). The predicted molar refractivity (Wildman–Crippen MR) is 58.1 cm³/mol. The van der Waals surface area contributed by atoms with Gasteiger partial charge >= 0.3 is 5.97 Å². The molecule has 0 saturated carbocycles. The summed E-state index contributed by atoms with van der Waals surface area (Å²) >= 11 is 0. The third kappa shape index (κ3) is 2.80. The number of nitrogens with one attached hydrogen (secondary N) is 3. The van der Waals surface area contributed by atoms with Crippen LogP contribution in [0.3, 0.4) is 0 Å². The number of H-pyrrole nitrogens is 1. The average Bonchev–Trinajstić information content (AvgIpc) is 2.88. The maximum absolute atomic E-state index is 11.1. The third-order valence-corrected chi connectivity index (χ3v) is 2.77. The minimum Gasteiger partial charge on any atom is -0.480 e. The Morgan fingerprint density at radius 2 is 2.62 bits per heavy atom. The molecule has 1 aromatic rings. The van der Waals surface area contributed by atoms with Crippen molar-refractivity contribution in [2.75, 3.05) is 13.1 Å². The van der Waals surface area contributed by atoms with E-state index in [2.05, 4.69) is 20.6 Å². The fourth-order valence-electron chi connectivity index (χ4n) is 1.92. The first-order valence-corrected chi connectivity index (χ1v) is 5.42. The molecule has 2 atom stereocenters. The van der Waals surface area contributed by atoms with Crippen LogP contribution in [-0.4, -0.2) is 46.2 Å². The van der Waals surface area contributed by atoms with Gasteiger partial charge in [-0.3, -0.25) is 10.1 Å². The van der Waals surface area contributed by atoms with Crippen molar-refractivity contribution in [1.29, 1.82) is 0 Å². The number of imidazole rings is 1. The lowest BCUT2D eigenvalue weighted by molar-refractivity contribution is -0.139. The second-order valence-electron chi connectivity index (χ2n) is 4.03. The number of hydrogen-bond donors (Lipinski definition) is 4. The molecule has 2 heterocycles. The normalized spacial score (nSPS) is 22.1. The summed E-state index contributed by atoms with van der Waals surface area (Å²) in [7, 11) is 0. The van der Waals surface area contributed by atoms with Crippen molar-refractivity contribution < 1.29 is 9.90 Å². The lowest BCUT2D eigenvalue weighted by Gasteiger charge is -2.18. The molecule has 0 spiro atoms. The van der Waals surface area contributed by atoms with Crippen molar-refractivity contribution in [3.63, 3.8) is 0 Å². The SMILES string of the molecule is O=C(O)C(Cc1cnc[nH]1)NC1CCNC1. The standard InChI is InChI=1S/C10H16N4O2/c15-10(16)9(3-8-5-12-6-13-8)14-7-1-2-11-4-7/h5-7,9,11,14H,1-4H2,(H,12,13)(H,15,16). The number of carbonyl (C=O) groups is 1. The Bertz CT molecular complexity index is 333. The number of rotatable bonds is 5. The largest absolute Gasteiger partial charge is 0.480 e. The number of carboxylic acid groups (broad SMARTS) is 1. The third-order valence-electron chi connectivity index (χ3n) is 2.77. The van der Waals surface area contributed by atoms with Gasteiger partial charge in [-0.05, 0) is 13.0 Å². The topological polar surface area (TPSA) is 90.0 Å². The smallest absolute Gasteiger partial charge is 0.321 e. The van der Waals surface area contributed by atoms with E-state index in [0.717, 1.165) is 25.2 Å². The Kier molecular flexibility index (Phi) is 3.53. The van der Waals surface area contributed by atoms with Crippen LogP contribution in [0.5, 0.6) is 0 Å². The molecule has 1 saturated heterocycles. The molecule has 1 aromatic heterocycles. The summed E-state index contributed by atoms with van der Waals surface area (Å²) in [6.45, 7) is 1.79. The van der Waals surface area contributed by atoms with E-state index in [4.69, 9.17) is 5.11 Å². The van der Waals surface area contributed by atoms with Crippen LogP contribution in [0.1, 0.15) is 12.1 Å². The number of aliphatic carboxylic acids is 1. The van der Waals surface area contributed by atoms with Gasteiger partial charge in [0.1, 0.15) is 6.04 Å². The molecule has 1 fully saturated rings. The molecule has 6 heteroatoms.